The van der Waals surface area contributed by atoms with E-state index in [0.29, 0.717) is 12.5 Å². The van der Waals surface area contributed by atoms with Crippen LogP contribution in [0.15, 0.2) is 44.3 Å². The number of aromatic nitrogens is 1. The minimum atomic E-state index is 0.633. The Balaban J connectivity index is 1.82. The summed E-state index contributed by atoms with van der Waals surface area (Å²) in [6.07, 6.45) is 4.95. The van der Waals surface area contributed by atoms with Gasteiger partial charge in [-0.3, -0.25) is 0 Å². The second-order valence-corrected chi connectivity index (χ2v) is 7.90. The molecule has 2 aromatic rings. The summed E-state index contributed by atoms with van der Waals surface area (Å²) in [4.78, 5) is 11.0. The average Bonchev–Trinajstić information content (AvgIpc) is 2.63. The second-order valence-electron chi connectivity index (χ2n) is 6.13. The van der Waals surface area contributed by atoms with Gasteiger partial charge in [-0.15, -0.1) is 0 Å². The Morgan fingerprint density at radius 1 is 1.19 bits per heavy atom. The van der Waals surface area contributed by atoms with Crippen molar-refractivity contribution in [2.24, 2.45) is 4.99 Å². The molecule has 0 bridgehead atoms. The molecule has 4 nitrogen and oxygen atoms in total. The standard InChI is InChI=1S/C20H25Br2N3O/c1-4-25(3)14-23-19-13-18(22)20(24-15(19)2)26-12-6-5-7-16-8-10-17(21)11-9-16/h8-11,13-14H,4-7,12H2,1-3H3/b23-14+. The molecule has 0 radical (unpaired) electrons. The number of ether oxygens (including phenoxy) is 1. The summed E-state index contributed by atoms with van der Waals surface area (Å²) in [5.74, 6) is 0.633. The minimum absolute atomic E-state index is 0.633. The predicted octanol–water partition coefficient (Wildman–Crippen LogP) is 5.93. The van der Waals surface area contributed by atoms with Gasteiger partial charge in [-0.25, -0.2) is 9.98 Å². The molecule has 0 fully saturated rings. The lowest BCUT2D eigenvalue weighted by molar-refractivity contribution is 0.293. The number of aliphatic imine (C=N–C) groups is 1. The first-order valence-electron chi connectivity index (χ1n) is 8.78. The normalized spacial score (nSPS) is 11.1. The zero-order chi connectivity index (χ0) is 18.9. The van der Waals surface area contributed by atoms with E-state index in [2.05, 4.69) is 73.0 Å². The maximum atomic E-state index is 5.85. The molecule has 0 aliphatic heterocycles. The third-order valence-corrected chi connectivity index (χ3v) is 5.11. The molecule has 6 heteroatoms. The molecule has 2 rings (SSSR count). The molecule has 140 valence electrons. The molecule has 0 amide bonds. The van der Waals surface area contributed by atoms with E-state index < -0.39 is 0 Å². The van der Waals surface area contributed by atoms with Crippen molar-refractivity contribution < 1.29 is 4.74 Å². The minimum Gasteiger partial charge on any atom is -0.477 e. The SMILES string of the molecule is CCN(C)/C=N/c1cc(Br)c(OCCCCc2ccc(Br)cc2)nc1C. The molecule has 1 aromatic carbocycles. The van der Waals surface area contributed by atoms with E-state index in [1.165, 1.54) is 5.56 Å². The molecule has 0 atom stereocenters. The first-order chi connectivity index (χ1) is 12.5. The van der Waals surface area contributed by atoms with E-state index in [1.54, 1.807) is 0 Å². The van der Waals surface area contributed by atoms with Gasteiger partial charge in [0, 0.05) is 18.1 Å². The lowest BCUT2D eigenvalue weighted by atomic mass is 10.1. The van der Waals surface area contributed by atoms with Gasteiger partial charge in [0.05, 0.1) is 28.8 Å². The van der Waals surface area contributed by atoms with Gasteiger partial charge in [0.1, 0.15) is 0 Å². The molecular weight excluding hydrogens is 458 g/mol. The van der Waals surface area contributed by atoms with Crippen molar-refractivity contribution in [3.63, 3.8) is 0 Å². The van der Waals surface area contributed by atoms with Gasteiger partial charge in [-0.1, -0.05) is 28.1 Å². The zero-order valence-corrected chi connectivity index (χ0v) is 18.7. The smallest absolute Gasteiger partial charge is 0.228 e. The van der Waals surface area contributed by atoms with E-state index >= 15 is 0 Å². The van der Waals surface area contributed by atoms with E-state index in [9.17, 15) is 0 Å². The van der Waals surface area contributed by atoms with Crippen LogP contribution in [0.5, 0.6) is 5.88 Å². The van der Waals surface area contributed by atoms with E-state index in [1.807, 2.05) is 31.3 Å². The van der Waals surface area contributed by atoms with Crippen molar-refractivity contribution in [2.75, 3.05) is 20.2 Å². The van der Waals surface area contributed by atoms with Crippen molar-refractivity contribution in [3.8, 4) is 5.88 Å². The third-order valence-electron chi connectivity index (χ3n) is 4.01. The third kappa shape index (κ3) is 6.72. The van der Waals surface area contributed by atoms with Gasteiger partial charge in [0.2, 0.25) is 5.88 Å². The lowest BCUT2D eigenvalue weighted by Crippen LogP contribution is -2.14. The monoisotopic (exact) mass is 481 g/mol. The van der Waals surface area contributed by atoms with Crippen molar-refractivity contribution >= 4 is 43.9 Å². The fourth-order valence-electron chi connectivity index (χ4n) is 2.27. The number of halogens is 2. The molecule has 1 heterocycles. The Morgan fingerprint density at radius 2 is 1.92 bits per heavy atom. The molecule has 0 N–H and O–H groups in total. The quantitative estimate of drug-likeness (QED) is 0.252. The van der Waals surface area contributed by atoms with Crippen LogP contribution in [-0.2, 0) is 6.42 Å². The summed E-state index contributed by atoms with van der Waals surface area (Å²) in [6, 6.07) is 10.4. The largest absolute Gasteiger partial charge is 0.477 e. The van der Waals surface area contributed by atoms with Crippen molar-refractivity contribution in [2.45, 2.75) is 33.1 Å². The van der Waals surface area contributed by atoms with Gasteiger partial charge in [-0.05, 0) is 72.8 Å². The lowest BCUT2D eigenvalue weighted by Gasteiger charge is -2.11. The summed E-state index contributed by atoms with van der Waals surface area (Å²) in [6.45, 7) is 5.60. The summed E-state index contributed by atoms with van der Waals surface area (Å²) in [5.41, 5.74) is 3.06. The molecule has 0 unspecified atom stereocenters. The van der Waals surface area contributed by atoms with Crippen LogP contribution in [0.25, 0.3) is 0 Å². The molecule has 1 aromatic heterocycles. The van der Waals surface area contributed by atoms with Gasteiger partial charge < -0.3 is 9.64 Å². The van der Waals surface area contributed by atoms with Crippen LogP contribution >= 0.6 is 31.9 Å². The number of pyridine rings is 1. The Hall–Kier alpha value is -1.40. The summed E-state index contributed by atoms with van der Waals surface area (Å²) >= 11 is 7.00. The van der Waals surface area contributed by atoms with E-state index in [0.717, 1.165) is 46.1 Å². The van der Waals surface area contributed by atoms with Crippen LogP contribution in [0.3, 0.4) is 0 Å². The molecule has 0 aliphatic carbocycles. The van der Waals surface area contributed by atoms with Crippen LogP contribution in [0.2, 0.25) is 0 Å². The highest BCUT2D eigenvalue weighted by molar-refractivity contribution is 9.10. The molecule has 0 spiro atoms. The highest BCUT2D eigenvalue weighted by atomic mass is 79.9. The maximum Gasteiger partial charge on any atom is 0.228 e. The number of rotatable bonds is 9. The Morgan fingerprint density at radius 3 is 2.62 bits per heavy atom. The maximum absolute atomic E-state index is 5.85. The Bertz CT molecular complexity index is 733. The van der Waals surface area contributed by atoms with Crippen molar-refractivity contribution in [1.82, 2.24) is 9.88 Å². The predicted molar refractivity (Wildman–Crippen MR) is 116 cm³/mol. The van der Waals surface area contributed by atoms with Crippen molar-refractivity contribution in [3.05, 3.63) is 50.5 Å². The zero-order valence-electron chi connectivity index (χ0n) is 15.5. The summed E-state index contributed by atoms with van der Waals surface area (Å²) in [7, 11) is 1.99. The van der Waals surface area contributed by atoms with E-state index in [4.69, 9.17) is 4.74 Å². The topological polar surface area (TPSA) is 37.7 Å². The number of benzene rings is 1. The van der Waals surface area contributed by atoms with Crippen molar-refractivity contribution in [1.29, 1.82) is 0 Å². The van der Waals surface area contributed by atoms with Crippen LogP contribution in [0, 0.1) is 6.92 Å². The van der Waals surface area contributed by atoms with Crippen LogP contribution in [0.1, 0.15) is 31.0 Å². The second kappa shape index (κ2) is 10.7. The summed E-state index contributed by atoms with van der Waals surface area (Å²) < 4.78 is 7.80. The number of unbranched alkanes of at least 4 members (excludes halogenated alkanes) is 1. The van der Waals surface area contributed by atoms with E-state index in [-0.39, 0.29) is 0 Å². The number of nitrogens with zero attached hydrogens (tertiary/aromatic N) is 3. The molecule has 0 saturated carbocycles. The number of hydrogen-bond acceptors (Lipinski definition) is 3. The molecule has 0 aliphatic rings. The number of hydrogen-bond donors (Lipinski definition) is 0. The van der Waals surface area contributed by atoms with Gasteiger partial charge in [-0.2, -0.15) is 0 Å². The van der Waals surface area contributed by atoms with Crippen LogP contribution in [-0.4, -0.2) is 36.4 Å². The Kier molecular flexibility index (Phi) is 8.59. The van der Waals surface area contributed by atoms with Gasteiger partial charge >= 0.3 is 0 Å². The fraction of sp³-hybridized carbons (Fsp3) is 0.400. The van der Waals surface area contributed by atoms with Gasteiger partial charge in [0.25, 0.3) is 0 Å². The molecule has 0 saturated heterocycles. The molecule has 26 heavy (non-hydrogen) atoms. The Labute approximate surface area is 172 Å². The highest BCUT2D eigenvalue weighted by Gasteiger charge is 2.08. The number of aryl methyl sites for hydroxylation is 2. The van der Waals surface area contributed by atoms with Crippen LogP contribution in [0.4, 0.5) is 5.69 Å². The fourth-order valence-corrected chi connectivity index (χ4v) is 2.96. The van der Waals surface area contributed by atoms with Crippen LogP contribution < -0.4 is 4.74 Å². The van der Waals surface area contributed by atoms with Gasteiger partial charge in [0.15, 0.2) is 0 Å². The average molecular weight is 483 g/mol. The highest BCUT2D eigenvalue weighted by Crippen LogP contribution is 2.29. The molecular formula is C20H25Br2N3O. The summed E-state index contributed by atoms with van der Waals surface area (Å²) in [5, 5.41) is 0. The first kappa shape index (κ1) is 20.9. The first-order valence-corrected chi connectivity index (χ1v) is 10.4.